The van der Waals surface area contributed by atoms with E-state index in [0.29, 0.717) is 6.07 Å². The number of aromatic nitrogens is 2. The number of nitrogens with zero attached hydrogens (tertiary/aromatic N) is 2. The molecule has 0 atom stereocenters. The lowest BCUT2D eigenvalue weighted by atomic mass is 10.2. The Labute approximate surface area is 172 Å². The number of carbonyl (C=O) groups excluding carboxylic acids is 2. The summed E-state index contributed by atoms with van der Waals surface area (Å²) in [6.45, 7) is -3.78. The van der Waals surface area contributed by atoms with Crippen LogP contribution < -0.4 is 20.1 Å². The van der Waals surface area contributed by atoms with Crippen LogP contribution in [0.5, 0.6) is 11.8 Å². The maximum atomic E-state index is 13.6. The van der Waals surface area contributed by atoms with Gasteiger partial charge in [0.1, 0.15) is 17.2 Å². The summed E-state index contributed by atoms with van der Waals surface area (Å²) in [6.07, 6.45) is -9.67. The van der Waals surface area contributed by atoms with E-state index in [1.807, 2.05) is 0 Å². The summed E-state index contributed by atoms with van der Waals surface area (Å²) >= 11 is 0. The lowest BCUT2D eigenvalue weighted by molar-refractivity contribution is -0.154. The van der Waals surface area contributed by atoms with E-state index < -0.39 is 72.4 Å². The van der Waals surface area contributed by atoms with Crippen molar-refractivity contribution in [1.29, 1.82) is 0 Å². The number of carbonyl (C=O) groups is 2. The summed E-state index contributed by atoms with van der Waals surface area (Å²) in [4.78, 5) is 30.3. The highest BCUT2D eigenvalue weighted by molar-refractivity contribution is 6.07. The summed E-state index contributed by atoms with van der Waals surface area (Å²) in [7, 11) is 0. The Morgan fingerprint density at radius 2 is 1.34 bits per heavy atom. The molecule has 1 aromatic carbocycles. The third kappa shape index (κ3) is 7.84. The van der Waals surface area contributed by atoms with Crippen LogP contribution >= 0.6 is 0 Å². The fraction of sp³-hybridized carbons (Fsp3) is 0.250. The number of anilines is 1. The number of nitrogens with one attached hydrogen (secondary N) is 2. The van der Waals surface area contributed by atoms with Crippen LogP contribution in [0.25, 0.3) is 0 Å². The van der Waals surface area contributed by atoms with Crippen LogP contribution in [0.3, 0.4) is 0 Å². The SMILES string of the molecule is O=C(NC(=O)c1c(F)cccc1F)Nc1nc(OCC(F)(F)F)cc(OCC(F)(F)F)n1. The third-order valence-electron chi connectivity index (χ3n) is 3.09. The fourth-order valence-corrected chi connectivity index (χ4v) is 1.93. The molecule has 1 aromatic heterocycles. The third-order valence-corrected chi connectivity index (χ3v) is 3.09. The molecule has 16 heteroatoms. The molecule has 2 aromatic rings. The zero-order valence-electron chi connectivity index (χ0n) is 15.3. The number of halogens is 8. The Balaban J connectivity index is 2.18. The maximum Gasteiger partial charge on any atom is 0.422 e. The zero-order valence-corrected chi connectivity index (χ0v) is 15.3. The topological polar surface area (TPSA) is 102 Å². The summed E-state index contributed by atoms with van der Waals surface area (Å²) in [5.74, 6) is -6.97. The predicted molar refractivity (Wildman–Crippen MR) is 88.0 cm³/mol. The molecule has 0 saturated heterocycles. The highest BCUT2D eigenvalue weighted by atomic mass is 19.4. The molecular formula is C16H10F8N4O4. The maximum absolute atomic E-state index is 13.6. The quantitative estimate of drug-likeness (QED) is 0.621. The normalized spacial score (nSPS) is 11.6. The Morgan fingerprint density at radius 3 is 1.78 bits per heavy atom. The van der Waals surface area contributed by atoms with Gasteiger partial charge < -0.3 is 9.47 Å². The molecule has 0 saturated carbocycles. The van der Waals surface area contributed by atoms with Crippen molar-refractivity contribution < 1.29 is 54.2 Å². The Hall–Kier alpha value is -3.72. The fourth-order valence-electron chi connectivity index (χ4n) is 1.93. The van der Waals surface area contributed by atoms with E-state index in [-0.39, 0.29) is 0 Å². The first-order chi connectivity index (χ1) is 14.7. The largest absolute Gasteiger partial charge is 0.468 e. The number of amides is 3. The predicted octanol–water partition coefficient (Wildman–Crippen LogP) is 3.60. The van der Waals surface area contributed by atoms with E-state index in [0.717, 1.165) is 18.2 Å². The molecule has 0 aliphatic heterocycles. The van der Waals surface area contributed by atoms with Crippen LogP contribution in [0, 0.1) is 11.6 Å². The van der Waals surface area contributed by atoms with Gasteiger partial charge in [0.15, 0.2) is 13.2 Å². The van der Waals surface area contributed by atoms with Gasteiger partial charge in [0.2, 0.25) is 17.7 Å². The van der Waals surface area contributed by atoms with Crippen molar-refractivity contribution in [2.45, 2.75) is 12.4 Å². The number of alkyl halides is 6. The molecule has 32 heavy (non-hydrogen) atoms. The van der Waals surface area contributed by atoms with E-state index in [4.69, 9.17) is 0 Å². The molecule has 0 bridgehead atoms. The zero-order chi connectivity index (χ0) is 24.1. The minimum atomic E-state index is -4.83. The average molecular weight is 474 g/mol. The molecule has 0 unspecified atom stereocenters. The van der Waals surface area contributed by atoms with Crippen molar-refractivity contribution in [1.82, 2.24) is 15.3 Å². The average Bonchev–Trinajstić information content (AvgIpc) is 2.63. The van der Waals surface area contributed by atoms with Crippen LogP contribution in [-0.4, -0.2) is 47.5 Å². The van der Waals surface area contributed by atoms with Crippen molar-refractivity contribution in [2.75, 3.05) is 18.5 Å². The molecule has 2 rings (SSSR count). The Morgan fingerprint density at radius 1 is 0.875 bits per heavy atom. The first kappa shape index (κ1) is 24.5. The first-order valence-electron chi connectivity index (χ1n) is 8.08. The summed E-state index contributed by atoms with van der Waals surface area (Å²) in [6, 6.07) is 1.37. The van der Waals surface area contributed by atoms with E-state index in [1.54, 1.807) is 5.32 Å². The van der Waals surface area contributed by atoms with Crippen LogP contribution in [0.2, 0.25) is 0 Å². The van der Waals surface area contributed by atoms with Gasteiger partial charge in [-0.25, -0.2) is 13.6 Å². The van der Waals surface area contributed by atoms with E-state index in [2.05, 4.69) is 19.4 Å². The minimum absolute atomic E-state index is 0.487. The smallest absolute Gasteiger partial charge is 0.422 e. The van der Waals surface area contributed by atoms with Crippen LogP contribution in [0.1, 0.15) is 10.4 Å². The summed E-state index contributed by atoms with van der Waals surface area (Å²) in [5.41, 5.74) is -1.12. The van der Waals surface area contributed by atoms with Gasteiger partial charge >= 0.3 is 18.4 Å². The molecule has 0 spiro atoms. The molecule has 2 N–H and O–H groups in total. The van der Waals surface area contributed by atoms with E-state index in [1.165, 1.54) is 5.32 Å². The number of benzene rings is 1. The molecule has 0 fully saturated rings. The van der Waals surface area contributed by atoms with Gasteiger partial charge in [-0.2, -0.15) is 36.3 Å². The van der Waals surface area contributed by atoms with Crippen molar-refractivity contribution >= 4 is 17.9 Å². The number of hydrogen-bond acceptors (Lipinski definition) is 6. The standard InChI is InChI=1S/C16H10F8N4O4/c17-7-2-1-3-8(18)11(7)12(29)27-14(30)28-13-25-9(31-5-15(19,20)21)4-10(26-13)32-6-16(22,23)24/h1-4H,5-6H2,(H2,25,26,27,28,29,30). The van der Waals surface area contributed by atoms with Crippen molar-refractivity contribution in [3.05, 3.63) is 41.5 Å². The number of hydrogen-bond donors (Lipinski definition) is 2. The van der Waals surface area contributed by atoms with Gasteiger partial charge in [0.25, 0.3) is 5.91 Å². The molecule has 3 amide bonds. The molecule has 8 nitrogen and oxygen atoms in total. The van der Waals surface area contributed by atoms with Gasteiger partial charge in [-0.1, -0.05) is 6.07 Å². The highest BCUT2D eigenvalue weighted by Gasteiger charge is 2.30. The van der Waals surface area contributed by atoms with Gasteiger partial charge in [-0.05, 0) is 12.1 Å². The van der Waals surface area contributed by atoms with E-state index in [9.17, 15) is 44.7 Å². The second-order valence-corrected chi connectivity index (χ2v) is 5.68. The minimum Gasteiger partial charge on any atom is -0.468 e. The Bertz CT molecular complexity index is 940. The number of rotatable bonds is 6. The lowest BCUT2D eigenvalue weighted by Crippen LogP contribution is -2.36. The van der Waals surface area contributed by atoms with Gasteiger partial charge in [0, 0.05) is 0 Å². The number of ether oxygens (including phenoxy) is 2. The molecule has 0 aliphatic rings. The lowest BCUT2D eigenvalue weighted by Gasteiger charge is -2.13. The Kier molecular flexibility index (Phi) is 7.37. The van der Waals surface area contributed by atoms with Gasteiger partial charge in [-0.15, -0.1) is 0 Å². The monoisotopic (exact) mass is 474 g/mol. The van der Waals surface area contributed by atoms with Gasteiger partial charge in [-0.3, -0.25) is 15.4 Å². The molecule has 0 radical (unpaired) electrons. The number of imide groups is 1. The van der Waals surface area contributed by atoms with Crippen LogP contribution in [-0.2, 0) is 0 Å². The molecular weight excluding hydrogens is 464 g/mol. The van der Waals surface area contributed by atoms with Crippen molar-refractivity contribution in [3.63, 3.8) is 0 Å². The van der Waals surface area contributed by atoms with Crippen molar-refractivity contribution in [2.24, 2.45) is 0 Å². The summed E-state index contributed by atoms with van der Waals surface area (Å²) < 4.78 is 109. The van der Waals surface area contributed by atoms with Crippen LogP contribution in [0.15, 0.2) is 24.3 Å². The van der Waals surface area contributed by atoms with E-state index >= 15 is 0 Å². The van der Waals surface area contributed by atoms with Crippen molar-refractivity contribution in [3.8, 4) is 11.8 Å². The summed E-state index contributed by atoms with van der Waals surface area (Å²) in [5, 5.41) is 3.18. The molecule has 0 aliphatic carbocycles. The highest BCUT2D eigenvalue weighted by Crippen LogP contribution is 2.23. The second-order valence-electron chi connectivity index (χ2n) is 5.68. The van der Waals surface area contributed by atoms with Crippen LogP contribution in [0.4, 0.5) is 45.9 Å². The number of urea groups is 1. The molecule has 174 valence electrons. The van der Waals surface area contributed by atoms with Gasteiger partial charge in [0.05, 0.1) is 6.07 Å². The first-order valence-corrected chi connectivity index (χ1v) is 8.08. The molecule has 1 heterocycles. The second kappa shape index (κ2) is 9.61.